The van der Waals surface area contributed by atoms with Gasteiger partial charge in [-0.1, -0.05) is 17.7 Å². The molecule has 1 fully saturated rings. The zero-order valence-electron chi connectivity index (χ0n) is 11.4. The van der Waals surface area contributed by atoms with Gasteiger partial charge in [0.2, 0.25) is 0 Å². The van der Waals surface area contributed by atoms with E-state index in [0.29, 0.717) is 16.6 Å². The van der Waals surface area contributed by atoms with Gasteiger partial charge in [-0.15, -0.1) is 0 Å². The zero-order chi connectivity index (χ0) is 14.4. The normalized spacial score (nSPS) is 16.8. The van der Waals surface area contributed by atoms with Crippen LogP contribution in [0.25, 0.3) is 16.6 Å². The summed E-state index contributed by atoms with van der Waals surface area (Å²) >= 11 is 6.28. The molecule has 1 saturated heterocycles. The molecule has 0 saturated carbocycles. The number of nitrogens with zero attached hydrogens (tertiary/aromatic N) is 2. The molecule has 0 unspecified atom stereocenters. The van der Waals surface area contributed by atoms with Gasteiger partial charge in [0, 0.05) is 12.0 Å². The molecule has 1 aromatic carbocycles. The summed E-state index contributed by atoms with van der Waals surface area (Å²) in [6.45, 7) is 1.95. The van der Waals surface area contributed by atoms with Crippen LogP contribution in [0.4, 0.5) is 0 Å². The van der Waals surface area contributed by atoms with Crippen molar-refractivity contribution in [2.75, 3.05) is 13.1 Å². The van der Waals surface area contributed by atoms with Crippen molar-refractivity contribution in [3.63, 3.8) is 0 Å². The first-order chi connectivity index (χ1) is 10.2. The van der Waals surface area contributed by atoms with Crippen LogP contribution in [-0.2, 0) is 0 Å². The molecule has 0 amide bonds. The Morgan fingerprint density at radius 1 is 1.29 bits per heavy atom. The summed E-state index contributed by atoms with van der Waals surface area (Å²) in [5.74, 6) is 0.351. The molecule has 0 atom stereocenters. The van der Waals surface area contributed by atoms with E-state index in [2.05, 4.69) is 15.4 Å². The number of halogens is 1. The molecule has 2 aromatic heterocycles. The topological polar surface area (TPSA) is 62.2 Å². The highest BCUT2D eigenvalue weighted by molar-refractivity contribution is 6.36. The Kier molecular flexibility index (Phi) is 2.97. The predicted molar refractivity (Wildman–Crippen MR) is 83.2 cm³/mol. The maximum Gasteiger partial charge on any atom is 0.251 e. The number of H-pyrrole nitrogens is 1. The third-order valence-electron chi connectivity index (χ3n) is 4.17. The number of fused-ring (bicyclic) bond motifs is 3. The molecule has 3 aromatic rings. The van der Waals surface area contributed by atoms with Crippen molar-refractivity contribution in [2.24, 2.45) is 0 Å². The summed E-state index contributed by atoms with van der Waals surface area (Å²) in [7, 11) is 0. The van der Waals surface area contributed by atoms with Gasteiger partial charge in [0.05, 0.1) is 21.6 Å². The number of nitrogens with one attached hydrogen (secondary N) is 2. The molecule has 3 heterocycles. The maximum absolute atomic E-state index is 12.0. The summed E-state index contributed by atoms with van der Waals surface area (Å²) in [6, 6.07) is 7.28. The van der Waals surface area contributed by atoms with Gasteiger partial charge in [0.25, 0.3) is 5.56 Å². The second kappa shape index (κ2) is 4.86. The van der Waals surface area contributed by atoms with Gasteiger partial charge in [-0.25, -0.2) is 4.52 Å². The first kappa shape index (κ1) is 12.9. The molecule has 1 aliphatic heterocycles. The van der Waals surface area contributed by atoms with Gasteiger partial charge in [-0.05, 0) is 38.1 Å². The van der Waals surface area contributed by atoms with E-state index >= 15 is 0 Å². The predicted octanol–water partition coefficient (Wildman–Crippen LogP) is 2.30. The van der Waals surface area contributed by atoms with E-state index in [1.807, 2.05) is 22.7 Å². The van der Waals surface area contributed by atoms with Crippen molar-refractivity contribution in [3.05, 3.63) is 45.3 Å². The van der Waals surface area contributed by atoms with Crippen molar-refractivity contribution in [2.45, 2.75) is 18.8 Å². The quantitative estimate of drug-likeness (QED) is 0.725. The Morgan fingerprint density at radius 3 is 2.90 bits per heavy atom. The fraction of sp³-hybridized carbons (Fsp3) is 0.333. The van der Waals surface area contributed by atoms with E-state index in [1.54, 1.807) is 6.07 Å². The lowest BCUT2D eigenvalue weighted by Gasteiger charge is -2.23. The molecule has 2 N–H and O–H groups in total. The van der Waals surface area contributed by atoms with Crippen LogP contribution >= 0.6 is 11.6 Å². The fourth-order valence-corrected chi connectivity index (χ4v) is 3.41. The van der Waals surface area contributed by atoms with Gasteiger partial charge < -0.3 is 10.3 Å². The molecular formula is C15H15ClN4O. The van der Waals surface area contributed by atoms with Crippen LogP contribution in [0.15, 0.2) is 29.1 Å². The number of benzene rings is 1. The minimum absolute atomic E-state index is 0.0993. The lowest BCUT2D eigenvalue weighted by molar-refractivity contribution is 0.446. The highest BCUT2D eigenvalue weighted by Crippen LogP contribution is 2.29. The van der Waals surface area contributed by atoms with Crippen molar-refractivity contribution >= 4 is 28.2 Å². The average Bonchev–Trinajstić information content (AvgIpc) is 2.87. The molecule has 21 heavy (non-hydrogen) atoms. The monoisotopic (exact) mass is 302 g/mol. The molecule has 4 rings (SSSR count). The molecule has 1 aliphatic rings. The Balaban J connectivity index is 2.05. The van der Waals surface area contributed by atoms with E-state index in [9.17, 15) is 4.79 Å². The number of hydrogen-bond acceptors (Lipinski definition) is 3. The number of aromatic amines is 1. The van der Waals surface area contributed by atoms with Gasteiger partial charge in [0.15, 0.2) is 0 Å². The lowest BCUT2D eigenvalue weighted by atomic mass is 9.94. The molecule has 5 nitrogen and oxygen atoms in total. The average molecular weight is 303 g/mol. The smallest absolute Gasteiger partial charge is 0.251 e. The molecule has 0 aliphatic carbocycles. The standard InChI is InChI=1S/C15H15ClN4O/c16-10-2-1-3-11-14(10)15-18-13(21)8-12(20(15)19-11)9-4-6-17-7-5-9/h1-3,8-9,17H,4-7H2,(H,18,21). The summed E-state index contributed by atoms with van der Waals surface area (Å²) in [5, 5.41) is 9.40. The Labute approximate surface area is 125 Å². The van der Waals surface area contributed by atoms with Crippen LogP contribution in [0.5, 0.6) is 0 Å². The first-order valence-corrected chi connectivity index (χ1v) is 7.53. The third-order valence-corrected chi connectivity index (χ3v) is 4.49. The van der Waals surface area contributed by atoms with Crippen molar-refractivity contribution in [1.29, 1.82) is 0 Å². The first-order valence-electron chi connectivity index (χ1n) is 7.15. The van der Waals surface area contributed by atoms with Crippen LogP contribution in [0.1, 0.15) is 24.5 Å². The van der Waals surface area contributed by atoms with Crippen molar-refractivity contribution in [3.8, 4) is 0 Å². The maximum atomic E-state index is 12.0. The van der Waals surface area contributed by atoms with Gasteiger partial charge >= 0.3 is 0 Å². The number of piperidine rings is 1. The fourth-order valence-electron chi connectivity index (χ4n) is 3.15. The highest BCUT2D eigenvalue weighted by Gasteiger charge is 2.21. The van der Waals surface area contributed by atoms with Crippen LogP contribution in [0.3, 0.4) is 0 Å². The summed E-state index contributed by atoms with van der Waals surface area (Å²) in [5.41, 5.74) is 2.37. The highest BCUT2D eigenvalue weighted by atomic mass is 35.5. The van der Waals surface area contributed by atoms with Crippen molar-refractivity contribution in [1.82, 2.24) is 19.9 Å². The van der Waals surface area contributed by atoms with Gasteiger partial charge in [-0.2, -0.15) is 5.10 Å². The van der Waals surface area contributed by atoms with E-state index in [4.69, 9.17) is 11.6 Å². The third kappa shape index (κ3) is 2.04. The second-order valence-electron chi connectivity index (χ2n) is 5.48. The molecule has 0 radical (unpaired) electrons. The van der Waals surface area contributed by atoms with Crippen LogP contribution in [-0.4, -0.2) is 27.7 Å². The minimum Gasteiger partial charge on any atom is -0.317 e. The SMILES string of the molecule is O=c1cc(C2CCNCC2)n2nc3cccc(Cl)c3c2[nH]1. The number of rotatable bonds is 1. The van der Waals surface area contributed by atoms with Gasteiger partial charge in [-0.3, -0.25) is 4.79 Å². The summed E-state index contributed by atoms with van der Waals surface area (Å²) in [4.78, 5) is 14.9. The Morgan fingerprint density at radius 2 is 2.10 bits per heavy atom. The lowest BCUT2D eigenvalue weighted by Crippen LogP contribution is -2.28. The Bertz CT molecular complexity index is 876. The van der Waals surface area contributed by atoms with Crippen molar-refractivity contribution < 1.29 is 0 Å². The minimum atomic E-state index is -0.0993. The molecular weight excluding hydrogens is 288 g/mol. The number of aromatic nitrogens is 3. The molecule has 6 heteroatoms. The zero-order valence-corrected chi connectivity index (χ0v) is 12.2. The summed E-state index contributed by atoms with van der Waals surface area (Å²) < 4.78 is 1.86. The molecule has 108 valence electrons. The van der Waals surface area contributed by atoms with E-state index in [-0.39, 0.29) is 5.56 Å². The van der Waals surface area contributed by atoms with Crippen LogP contribution in [0, 0.1) is 0 Å². The summed E-state index contributed by atoms with van der Waals surface area (Å²) in [6.07, 6.45) is 2.03. The largest absolute Gasteiger partial charge is 0.317 e. The van der Waals surface area contributed by atoms with Crippen LogP contribution in [0.2, 0.25) is 5.02 Å². The van der Waals surface area contributed by atoms with E-state index in [1.165, 1.54) is 0 Å². The molecule has 0 bridgehead atoms. The second-order valence-corrected chi connectivity index (χ2v) is 5.88. The van der Waals surface area contributed by atoms with E-state index in [0.717, 1.165) is 42.5 Å². The van der Waals surface area contributed by atoms with Gasteiger partial charge in [0.1, 0.15) is 5.65 Å². The van der Waals surface area contributed by atoms with E-state index < -0.39 is 0 Å². The number of hydrogen-bond donors (Lipinski definition) is 2. The molecule has 0 spiro atoms. The van der Waals surface area contributed by atoms with Crippen LogP contribution < -0.4 is 10.9 Å². The Hall–Kier alpha value is -1.85.